The van der Waals surface area contributed by atoms with Gasteiger partial charge in [0.25, 0.3) is 0 Å². The van der Waals surface area contributed by atoms with E-state index in [2.05, 4.69) is 15.6 Å². The van der Waals surface area contributed by atoms with Crippen LogP contribution in [0.25, 0.3) is 0 Å². The molecule has 0 aliphatic carbocycles. The lowest BCUT2D eigenvalue weighted by molar-refractivity contribution is -0.384. The van der Waals surface area contributed by atoms with Crippen molar-refractivity contribution in [2.24, 2.45) is 0 Å². The van der Waals surface area contributed by atoms with E-state index < -0.39 is 11.0 Å². The van der Waals surface area contributed by atoms with E-state index in [1.54, 1.807) is 32.0 Å². The lowest BCUT2D eigenvalue weighted by atomic mass is 10.1. The number of aryl methyl sites for hydroxylation is 2. The van der Waals surface area contributed by atoms with Crippen LogP contribution in [0.3, 0.4) is 0 Å². The SMILES string of the molecule is Cc1cc(Nc2ccc(CCNC(=O)O)cc2)c([N+](=O)[O-])c(C)n1. The molecule has 24 heavy (non-hydrogen) atoms. The number of carbonyl (C=O) groups is 1. The number of pyridine rings is 1. The Morgan fingerprint density at radius 1 is 1.29 bits per heavy atom. The van der Waals surface area contributed by atoms with Gasteiger partial charge in [0.2, 0.25) is 0 Å². The molecule has 0 bridgehead atoms. The van der Waals surface area contributed by atoms with E-state index >= 15 is 0 Å². The highest BCUT2D eigenvalue weighted by Crippen LogP contribution is 2.30. The minimum absolute atomic E-state index is 0.0460. The third kappa shape index (κ3) is 4.42. The number of benzene rings is 1. The van der Waals surface area contributed by atoms with E-state index in [1.807, 2.05) is 12.1 Å². The second-order valence-corrected chi connectivity index (χ2v) is 5.31. The van der Waals surface area contributed by atoms with Gasteiger partial charge in [-0.3, -0.25) is 15.1 Å². The Labute approximate surface area is 138 Å². The lowest BCUT2D eigenvalue weighted by Gasteiger charge is -2.10. The molecule has 0 radical (unpaired) electrons. The number of hydrogen-bond donors (Lipinski definition) is 3. The van der Waals surface area contributed by atoms with Gasteiger partial charge in [-0.25, -0.2) is 4.79 Å². The molecule has 2 rings (SSSR count). The van der Waals surface area contributed by atoms with E-state index in [9.17, 15) is 14.9 Å². The van der Waals surface area contributed by atoms with Gasteiger partial charge in [-0.05, 0) is 44.0 Å². The van der Waals surface area contributed by atoms with Crippen LogP contribution in [0.2, 0.25) is 0 Å². The number of carboxylic acid groups (broad SMARTS) is 1. The molecule has 0 aliphatic rings. The van der Waals surface area contributed by atoms with Gasteiger partial charge in [-0.2, -0.15) is 0 Å². The van der Waals surface area contributed by atoms with Crippen LogP contribution in [0.4, 0.5) is 21.9 Å². The summed E-state index contributed by atoms with van der Waals surface area (Å²) in [7, 11) is 0. The number of nitrogens with zero attached hydrogens (tertiary/aromatic N) is 2. The van der Waals surface area contributed by atoms with Gasteiger partial charge in [0.15, 0.2) is 0 Å². The van der Waals surface area contributed by atoms with Gasteiger partial charge >= 0.3 is 11.8 Å². The average Bonchev–Trinajstić information content (AvgIpc) is 2.47. The van der Waals surface area contributed by atoms with Crippen molar-refractivity contribution in [1.29, 1.82) is 0 Å². The molecule has 0 spiro atoms. The van der Waals surface area contributed by atoms with Crippen molar-refractivity contribution < 1.29 is 14.8 Å². The molecule has 0 saturated heterocycles. The van der Waals surface area contributed by atoms with Crippen LogP contribution in [-0.4, -0.2) is 27.7 Å². The Balaban J connectivity index is 2.14. The maximum Gasteiger partial charge on any atom is 0.404 e. The van der Waals surface area contributed by atoms with Gasteiger partial charge in [-0.1, -0.05) is 12.1 Å². The van der Waals surface area contributed by atoms with Crippen molar-refractivity contribution >= 4 is 23.2 Å². The molecular weight excluding hydrogens is 312 g/mol. The minimum atomic E-state index is -1.05. The molecule has 8 heteroatoms. The molecule has 0 unspecified atom stereocenters. The predicted molar refractivity (Wildman–Crippen MR) is 89.8 cm³/mol. The molecule has 0 atom stereocenters. The van der Waals surface area contributed by atoms with Crippen molar-refractivity contribution in [3.05, 3.63) is 57.4 Å². The summed E-state index contributed by atoms with van der Waals surface area (Å²) in [6.45, 7) is 3.71. The van der Waals surface area contributed by atoms with Crippen molar-refractivity contribution in [1.82, 2.24) is 10.3 Å². The molecule has 0 fully saturated rings. The largest absolute Gasteiger partial charge is 0.465 e. The molecule has 0 aliphatic heterocycles. The molecule has 2 aromatic rings. The Morgan fingerprint density at radius 2 is 1.96 bits per heavy atom. The Hall–Kier alpha value is -3.16. The zero-order valence-corrected chi connectivity index (χ0v) is 13.4. The lowest BCUT2D eigenvalue weighted by Crippen LogP contribution is -2.23. The maximum absolute atomic E-state index is 11.2. The molecule has 1 heterocycles. The number of amides is 1. The third-order valence-corrected chi connectivity index (χ3v) is 3.40. The van der Waals surface area contributed by atoms with Gasteiger partial charge in [0.05, 0.1) is 4.92 Å². The molecule has 1 aromatic heterocycles. The smallest absolute Gasteiger partial charge is 0.404 e. The number of anilines is 2. The summed E-state index contributed by atoms with van der Waals surface area (Å²) in [5.74, 6) is 0. The van der Waals surface area contributed by atoms with Crippen LogP contribution < -0.4 is 10.6 Å². The zero-order valence-electron chi connectivity index (χ0n) is 13.4. The zero-order chi connectivity index (χ0) is 17.7. The highest BCUT2D eigenvalue weighted by atomic mass is 16.6. The summed E-state index contributed by atoms with van der Waals surface area (Å²) >= 11 is 0. The second-order valence-electron chi connectivity index (χ2n) is 5.31. The van der Waals surface area contributed by atoms with Crippen LogP contribution >= 0.6 is 0 Å². The van der Waals surface area contributed by atoms with E-state index in [4.69, 9.17) is 5.11 Å². The highest BCUT2D eigenvalue weighted by Gasteiger charge is 2.19. The van der Waals surface area contributed by atoms with Crippen molar-refractivity contribution in [2.45, 2.75) is 20.3 Å². The summed E-state index contributed by atoms with van der Waals surface area (Å²) in [5.41, 5.74) is 3.07. The first kappa shape index (κ1) is 17.2. The predicted octanol–water partition coefficient (Wildman–Crippen LogP) is 3.16. The fraction of sp³-hybridized carbons (Fsp3) is 0.250. The Morgan fingerprint density at radius 3 is 2.54 bits per heavy atom. The monoisotopic (exact) mass is 330 g/mol. The summed E-state index contributed by atoms with van der Waals surface area (Å²) in [5, 5.41) is 25.1. The van der Waals surface area contributed by atoms with Crippen molar-refractivity contribution in [3.8, 4) is 0 Å². The topological polar surface area (TPSA) is 117 Å². The van der Waals surface area contributed by atoms with Crippen LogP contribution in [0, 0.1) is 24.0 Å². The molecular formula is C16H18N4O4. The molecule has 8 nitrogen and oxygen atoms in total. The van der Waals surface area contributed by atoms with E-state index in [0.29, 0.717) is 35.7 Å². The fourth-order valence-electron chi connectivity index (χ4n) is 2.37. The van der Waals surface area contributed by atoms with Gasteiger partial charge < -0.3 is 15.7 Å². The minimum Gasteiger partial charge on any atom is -0.465 e. The number of nitrogens with one attached hydrogen (secondary N) is 2. The van der Waals surface area contributed by atoms with Gasteiger partial charge in [0, 0.05) is 17.9 Å². The third-order valence-electron chi connectivity index (χ3n) is 3.40. The van der Waals surface area contributed by atoms with Crippen LogP contribution in [0.15, 0.2) is 30.3 Å². The summed E-state index contributed by atoms with van der Waals surface area (Å²) < 4.78 is 0. The molecule has 1 amide bonds. The van der Waals surface area contributed by atoms with Crippen LogP contribution in [-0.2, 0) is 6.42 Å². The first-order valence-electron chi connectivity index (χ1n) is 7.32. The Bertz CT molecular complexity index is 759. The molecule has 0 saturated carbocycles. The number of aromatic nitrogens is 1. The molecule has 126 valence electrons. The summed E-state index contributed by atoms with van der Waals surface area (Å²) in [6.07, 6.45) is -0.482. The number of hydrogen-bond acceptors (Lipinski definition) is 5. The summed E-state index contributed by atoms with van der Waals surface area (Å²) in [6, 6.07) is 8.92. The second kappa shape index (κ2) is 7.40. The van der Waals surface area contributed by atoms with Crippen molar-refractivity contribution in [2.75, 3.05) is 11.9 Å². The summed E-state index contributed by atoms with van der Waals surface area (Å²) in [4.78, 5) is 25.3. The molecule has 3 N–H and O–H groups in total. The highest BCUT2D eigenvalue weighted by molar-refractivity contribution is 5.71. The average molecular weight is 330 g/mol. The standard InChI is InChI=1S/C16H18N4O4/c1-10-9-14(15(20(23)24)11(2)18-10)19-13-5-3-12(4-6-13)7-8-17-16(21)22/h3-6,9,17H,7-8H2,1-2H3,(H,18,19)(H,21,22). The normalized spacial score (nSPS) is 10.2. The first-order valence-corrected chi connectivity index (χ1v) is 7.32. The number of rotatable bonds is 6. The first-order chi connectivity index (χ1) is 11.4. The van der Waals surface area contributed by atoms with Crippen molar-refractivity contribution in [3.63, 3.8) is 0 Å². The van der Waals surface area contributed by atoms with E-state index in [-0.39, 0.29) is 5.69 Å². The van der Waals surface area contributed by atoms with E-state index in [0.717, 1.165) is 5.56 Å². The maximum atomic E-state index is 11.2. The van der Waals surface area contributed by atoms with Crippen LogP contribution in [0.1, 0.15) is 17.0 Å². The fourth-order valence-corrected chi connectivity index (χ4v) is 2.37. The quantitative estimate of drug-likeness (QED) is 0.553. The molecule has 1 aromatic carbocycles. The van der Waals surface area contributed by atoms with Crippen LogP contribution in [0.5, 0.6) is 0 Å². The Kier molecular flexibility index (Phi) is 5.31. The number of nitro groups is 1. The van der Waals surface area contributed by atoms with Gasteiger partial charge in [0.1, 0.15) is 11.4 Å². The van der Waals surface area contributed by atoms with Gasteiger partial charge in [-0.15, -0.1) is 0 Å². The van der Waals surface area contributed by atoms with E-state index in [1.165, 1.54) is 0 Å².